The van der Waals surface area contributed by atoms with Gasteiger partial charge in [-0.15, -0.1) is 0 Å². The van der Waals surface area contributed by atoms with Gasteiger partial charge < -0.3 is 5.11 Å². The van der Waals surface area contributed by atoms with Gasteiger partial charge in [-0.1, -0.05) is 32.0 Å². The lowest BCUT2D eigenvalue weighted by Gasteiger charge is -2.15. The van der Waals surface area contributed by atoms with Crippen molar-refractivity contribution in [3.05, 3.63) is 67.1 Å². The number of aromatic hydroxyl groups is 1. The van der Waals surface area contributed by atoms with Gasteiger partial charge in [0.1, 0.15) is 0 Å². The normalized spacial score (nSPS) is 11.8. The van der Waals surface area contributed by atoms with Gasteiger partial charge in [0, 0.05) is 13.1 Å². The minimum absolute atomic E-state index is 0.0670. The summed E-state index contributed by atoms with van der Waals surface area (Å²) in [5, 5.41) is 11.1. The molecule has 9 heteroatoms. The number of rotatable bonds is 4. The van der Waals surface area contributed by atoms with Gasteiger partial charge in [-0.05, 0) is 31.9 Å². The first-order valence-corrected chi connectivity index (χ1v) is 9.92. The van der Waals surface area contributed by atoms with Crippen molar-refractivity contribution < 1.29 is 5.11 Å². The van der Waals surface area contributed by atoms with Crippen molar-refractivity contribution in [3.63, 3.8) is 0 Å². The molecule has 0 bridgehead atoms. The minimum Gasteiger partial charge on any atom is -0.494 e. The predicted octanol–water partition coefficient (Wildman–Crippen LogP) is 1.83. The molecular formula is C21H23N5O4. The fourth-order valence-corrected chi connectivity index (χ4v) is 3.88. The Labute approximate surface area is 171 Å². The summed E-state index contributed by atoms with van der Waals surface area (Å²) in [4.78, 5) is 43.8. The molecule has 0 fully saturated rings. The van der Waals surface area contributed by atoms with E-state index < -0.39 is 16.8 Å². The Hall–Kier alpha value is -3.62. The standard InChI is InChI=1S/C21H23N5O4/c1-5-23-16-15(19(29)24(6-2)21(23)30)26-18(28)14(12(3)4)17(27)25(20(26)22-16)13-10-8-7-9-11-13/h7-12,28H,5-6H2,1-4H3. The van der Waals surface area contributed by atoms with Crippen molar-refractivity contribution in [3.8, 4) is 11.6 Å². The van der Waals surface area contributed by atoms with Crippen molar-refractivity contribution in [2.24, 2.45) is 0 Å². The second kappa shape index (κ2) is 7.01. The third-order valence-corrected chi connectivity index (χ3v) is 5.32. The molecule has 0 spiro atoms. The monoisotopic (exact) mass is 409 g/mol. The van der Waals surface area contributed by atoms with Crippen molar-refractivity contribution in [1.29, 1.82) is 0 Å². The fourth-order valence-electron chi connectivity index (χ4n) is 3.88. The fraction of sp³-hybridized carbons (Fsp3) is 0.333. The van der Waals surface area contributed by atoms with Crippen LogP contribution in [0.15, 0.2) is 44.7 Å². The number of hydrogen-bond donors (Lipinski definition) is 1. The van der Waals surface area contributed by atoms with E-state index in [2.05, 4.69) is 4.98 Å². The second-order valence-electron chi connectivity index (χ2n) is 7.36. The summed E-state index contributed by atoms with van der Waals surface area (Å²) in [6.07, 6.45) is 0. The van der Waals surface area contributed by atoms with Gasteiger partial charge in [0.15, 0.2) is 11.2 Å². The van der Waals surface area contributed by atoms with Crippen LogP contribution in [-0.4, -0.2) is 28.2 Å². The number of benzene rings is 1. The Bertz CT molecular complexity index is 1460. The number of aryl methyl sites for hydroxylation is 1. The van der Waals surface area contributed by atoms with Crippen LogP contribution in [0.3, 0.4) is 0 Å². The zero-order valence-corrected chi connectivity index (χ0v) is 17.3. The number of fused-ring (bicyclic) bond motifs is 3. The van der Waals surface area contributed by atoms with Gasteiger partial charge in [0.2, 0.25) is 11.7 Å². The lowest BCUT2D eigenvalue weighted by molar-refractivity contribution is 0.432. The molecule has 0 saturated heterocycles. The van der Waals surface area contributed by atoms with E-state index in [-0.39, 0.29) is 47.4 Å². The highest BCUT2D eigenvalue weighted by molar-refractivity contribution is 5.77. The van der Waals surface area contributed by atoms with Crippen LogP contribution in [0.1, 0.15) is 39.2 Å². The van der Waals surface area contributed by atoms with Gasteiger partial charge in [-0.3, -0.25) is 18.7 Å². The van der Waals surface area contributed by atoms with Crippen LogP contribution in [0.5, 0.6) is 5.88 Å². The Morgan fingerprint density at radius 2 is 1.60 bits per heavy atom. The maximum Gasteiger partial charge on any atom is 0.332 e. The molecule has 0 aliphatic carbocycles. The van der Waals surface area contributed by atoms with E-state index in [0.717, 1.165) is 4.57 Å². The van der Waals surface area contributed by atoms with E-state index in [4.69, 9.17) is 0 Å². The van der Waals surface area contributed by atoms with Crippen LogP contribution < -0.4 is 16.8 Å². The maximum absolute atomic E-state index is 13.3. The molecule has 0 unspecified atom stereocenters. The lowest BCUT2D eigenvalue weighted by atomic mass is 10.1. The SMILES string of the molecule is CCn1c(=O)c2c(nc3n(-c4ccccc4)c(=O)c(C(C)C)c(O)n23)n(CC)c1=O. The van der Waals surface area contributed by atoms with E-state index in [1.807, 2.05) is 6.07 Å². The molecular weight excluding hydrogens is 386 g/mol. The molecule has 0 aliphatic heterocycles. The molecule has 156 valence electrons. The van der Waals surface area contributed by atoms with Gasteiger partial charge in [-0.2, -0.15) is 4.98 Å². The molecule has 0 saturated carbocycles. The molecule has 3 aromatic heterocycles. The molecule has 3 heterocycles. The minimum atomic E-state index is -0.557. The number of aromatic nitrogens is 5. The van der Waals surface area contributed by atoms with Crippen molar-refractivity contribution in [2.45, 2.75) is 46.7 Å². The molecule has 0 radical (unpaired) electrons. The van der Waals surface area contributed by atoms with Gasteiger partial charge >= 0.3 is 5.69 Å². The van der Waals surface area contributed by atoms with E-state index >= 15 is 0 Å². The van der Waals surface area contributed by atoms with Crippen LogP contribution in [0, 0.1) is 0 Å². The first-order chi connectivity index (χ1) is 14.3. The smallest absolute Gasteiger partial charge is 0.332 e. The first kappa shape index (κ1) is 19.7. The lowest BCUT2D eigenvalue weighted by Crippen LogP contribution is -2.39. The number of para-hydroxylation sites is 1. The van der Waals surface area contributed by atoms with Crippen molar-refractivity contribution >= 4 is 16.9 Å². The molecule has 4 aromatic rings. The zero-order chi connectivity index (χ0) is 21.7. The predicted molar refractivity (Wildman–Crippen MR) is 114 cm³/mol. The Morgan fingerprint density at radius 3 is 2.17 bits per heavy atom. The first-order valence-electron chi connectivity index (χ1n) is 9.92. The molecule has 30 heavy (non-hydrogen) atoms. The summed E-state index contributed by atoms with van der Waals surface area (Å²) in [6, 6.07) is 8.90. The summed E-state index contributed by atoms with van der Waals surface area (Å²) in [5.41, 5.74) is -0.531. The van der Waals surface area contributed by atoms with Crippen LogP contribution >= 0.6 is 0 Å². The van der Waals surface area contributed by atoms with Crippen LogP contribution in [0.2, 0.25) is 0 Å². The molecule has 9 nitrogen and oxygen atoms in total. The van der Waals surface area contributed by atoms with Crippen molar-refractivity contribution in [1.82, 2.24) is 23.1 Å². The second-order valence-corrected chi connectivity index (χ2v) is 7.36. The molecule has 0 aliphatic rings. The van der Waals surface area contributed by atoms with Gasteiger partial charge in [0.25, 0.3) is 11.1 Å². The van der Waals surface area contributed by atoms with Crippen LogP contribution in [-0.2, 0) is 13.1 Å². The van der Waals surface area contributed by atoms with Crippen molar-refractivity contribution in [2.75, 3.05) is 0 Å². The van der Waals surface area contributed by atoms with Crippen LogP contribution in [0.4, 0.5) is 0 Å². The maximum atomic E-state index is 13.3. The average Bonchev–Trinajstić information content (AvgIpc) is 3.10. The van der Waals surface area contributed by atoms with Gasteiger partial charge in [0.05, 0.1) is 11.3 Å². The summed E-state index contributed by atoms with van der Waals surface area (Å²) in [7, 11) is 0. The van der Waals surface area contributed by atoms with E-state index in [9.17, 15) is 19.5 Å². The quantitative estimate of drug-likeness (QED) is 0.554. The Balaban J connectivity index is 2.39. The largest absolute Gasteiger partial charge is 0.494 e. The number of nitrogens with zero attached hydrogens (tertiary/aromatic N) is 5. The highest BCUT2D eigenvalue weighted by atomic mass is 16.3. The molecule has 1 aromatic carbocycles. The van der Waals surface area contributed by atoms with E-state index in [1.165, 1.54) is 13.5 Å². The summed E-state index contributed by atoms with van der Waals surface area (Å²) >= 11 is 0. The number of imidazole rings is 1. The third kappa shape index (κ3) is 2.54. The zero-order valence-electron chi connectivity index (χ0n) is 17.3. The summed E-state index contributed by atoms with van der Waals surface area (Å²) < 4.78 is 5.14. The highest BCUT2D eigenvalue weighted by Crippen LogP contribution is 2.27. The Morgan fingerprint density at radius 1 is 0.967 bits per heavy atom. The highest BCUT2D eigenvalue weighted by Gasteiger charge is 2.26. The molecule has 1 N–H and O–H groups in total. The summed E-state index contributed by atoms with van der Waals surface area (Å²) in [6.45, 7) is 7.53. The van der Waals surface area contributed by atoms with Crippen LogP contribution in [0.25, 0.3) is 22.6 Å². The Kier molecular flexibility index (Phi) is 4.60. The molecule has 0 atom stereocenters. The topological polar surface area (TPSA) is 104 Å². The summed E-state index contributed by atoms with van der Waals surface area (Å²) in [5.74, 6) is -0.559. The van der Waals surface area contributed by atoms with E-state index in [0.29, 0.717) is 5.69 Å². The molecule has 0 amide bonds. The number of hydrogen-bond acceptors (Lipinski definition) is 5. The van der Waals surface area contributed by atoms with E-state index in [1.54, 1.807) is 52.0 Å². The van der Waals surface area contributed by atoms with Gasteiger partial charge in [-0.25, -0.2) is 13.8 Å². The third-order valence-electron chi connectivity index (χ3n) is 5.32. The average molecular weight is 409 g/mol. The molecule has 4 rings (SSSR count).